The number of rotatable bonds is 0. The lowest BCUT2D eigenvalue weighted by Gasteiger charge is -2.18. The average molecular weight is 130 g/mol. The third kappa shape index (κ3) is 0.856. The van der Waals surface area contributed by atoms with Crippen molar-refractivity contribution in [3.63, 3.8) is 0 Å². The second-order valence-corrected chi connectivity index (χ2v) is 2.39. The van der Waals surface area contributed by atoms with E-state index >= 15 is 0 Å². The van der Waals surface area contributed by atoms with Crippen LogP contribution in [0.4, 0.5) is 0 Å². The molecular formula is C6H8B2N2. The number of hydrogen-bond acceptors (Lipinski definition) is 2. The van der Waals surface area contributed by atoms with Crippen LogP contribution in [0.15, 0.2) is 35.5 Å². The van der Waals surface area contributed by atoms with E-state index in [2.05, 4.69) is 34.6 Å². The monoisotopic (exact) mass is 130 g/mol. The van der Waals surface area contributed by atoms with Crippen LogP contribution in [-0.2, 0) is 0 Å². The Morgan fingerprint density at radius 3 is 1.90 bits per heavy atom. The molecule has 2 aliphatic heterocycles. The molecule has 0 radical (unpaired) electrons. The fraction of sp³-hybridized carbons (Fsp3) is 0. The van der Waals surface area contributed by atoms with E-state index in [1.807, 2.05) is 0 Å². The smallest absolute Gasteiger partial charge is 0.259 e. The van der Waals surface area contributed by atoms with Crippen LogP contribution in [0.3, 0.4) is 0 Å². The zero-order chi connectivity index (χ0) is 6.81. The molecule has 0 unspecified atom stereocenters. The molecule has 0 aromatic heterocycles. The van der Waals surface area contributed by atoms with Crippen molar-refractivity contribution in [1.29, 1.82) is 0 Å². The molecule has 0 aliphatic carbocycles. The van der Waals surface area contributed by atoms with Crippen molar-refractivity contribution < 1.29 is 0 Å². The normalized spacial score (nSPS) is 20.0. The van der Waals surface area contributed by atoms with Gasteiger partial charge in [-0.2, -0.15) is 0 Å². The summed E-state index contributed by atoms with van der Waals surface area (Å²) in [7, 11) is 1.90. The third-order valence-corrected chi connectivity index (χ3v) is 1.68. The molecule has 0 aromatic carbocycles. The highest BCUT2D eigenvalue weighted by Gasteiger charge is 2.07. The van der Waals surface area contributed by atoms with Crippen molar-refractivity contribution >= 4 is 14.8 Å². The summed E-state index contributed by atoms with van der Waals surface area (Å²) in [5, 5.41) is 6.53. The van der Waals surface area contributed by atoms with Gasteiger partial charge in [0.2, 0.25) is 0 Å². The first-order valence-corrected chi connectivity index (χ1v) is 3.52. The Morgan fingerprint density at radius 2 is 1.40 bits per heavy atom. The molecule has 0 fully saturated rings. The largest absolute Gasteiger partial charge is 0.426 e. The van der Waals surface area contributed by atoms with Crippen LogP contribution in [0.25, 0.3) is 0 Å². The Bertz CT molecular complexity index is 206. The Labute approximate surface area is 61.6 Å². The van der Waals surface area contributed by atoms with Gasteiger partial charge < -0.3 is 10.5 Å². The number of allylic oxidation sites excluding steroid dienone is 2. The zero-order valence-corrected chi connectivity index (χ0v) is 5.72. The molecule has 0 aromatic rings. The summed E-state index contributed by atoms with van der Waals surface area (Å²) in [5.41, 5.74) is 2.43. The van der Waals surface area contributed by atoms with E-state index in [9.17, 15) is 0 Å². The van der Waals surface area contributed by atoms with E-state index < -0.39 is 0 Å². The first kappa shape index (κ1) is 5.71. The molecule has 0 spiro atoms. The molecule has 2 rings (SSSR count). The topological polar surface area (TPSA) is 24.1 Å². The van der Waals surface area contributed by atoms with Gasteiger partial charge in [0.15, 0.2) is 0 Å². The molecule has 0 saturated heterocycles. The average Bonchev–Trinajstić information content (AvgIpc) is 2.05. The molecule has 0 atom stereocenters. The molecule has 2 aliphatic rings. The van der Waals surface area contributed by atoms with Gasteiger partial charge in [-0.3, -0.25) is 0 Å². The standard InChI is InChI=1S/C6H8B2N2/c1-3-7-10-6-2-4-8-9-5(1)6/h1-4,7-10H. The zero-order valence-electron chi connectivity index (χ0n) is 5.72. The maximum atomic E-state index is 3.26. The van der Waals surface area contributed by atoms with Crippen LogP contribution < -0.4 is 10.5 Å². The predicted molar refractivity (Wildman–Crippen MR) is 45.9 cm³/mol. The molecule has 2 N–H and O–H groups in total. The maximum Gasteiger partial charge on any atom is 0.259 e. The third-order valence-electron chi connectivity index (χ3n) is 1.68. The second-order valence-electron chi connectivity index (χ2n) is 2.39. The van der Waals surface area contributed by atoms with Crippen molar-refractivity contribution in [2.75, 3.05) is 0 Å². The van der Waals surface area contributed by atoms with E-state index in [0.29, 0.717) is 0 Å². The predicted octanol–water partition coefficient (Wildman–Crippen LogP) is -0.865. The van der Waals surface area contributed by atoms with Crippen LogP contribution >= 0.6 is 0 Å². The van der Waals surface area contributed by atoms with Crippen LogP contribution in [0.5, 0.6) is 0 Å². The molecule has 48 valence electrons. The Hall–Kier alpha value is -1.05. The lowest BCUT2D eigenvalue weighted by atomic mass is 9.83. The quantitative estimate of drug-likeness (QED) is 0.416. The van der Waals surface area contributed by atoms with Crippen LogP contribution in [0.1, 0.15) is 0 Å². The van der Waals surface area contributed by atoms with E-state index in [1.165, 1.54) is 11.4 Å². The van der Waals surface area contributed by atoms with Crippen LogP contribution in [0, 0.1) is 0 Å². The lowest BCUT2D eigenvalue weighted by molar-refractivity contribution is 1.09. The summed E-state index contributed by atoms with van der Waals surface area (Å²) in [6.07, 6.45) is 4.24. The van der Waals surface area contributed by atoms with Crippen molar-refractivity contribution in [3.05, 3.63) is 35.5 Å². The van der Waals surface area contributed by atoms with E-state index in [0.717, 1.165) is 14.8 Å². The molecule has 4 heteroatoms. The number of nitrogens with one attached hydrogen (secondary N) is 2. The van der Waals surface area contributed by atoms with Gasteiger partial charge in [0, 0.05) is 11.4 Å². The van der Waals surface area contributed by atoms with Crippen LogP contribution in [-0.4, -0.2) is 14.8 Å². The van der Waals surface area contributed by atoms with Gasteiger partial charge in [-0.15, -0.1) is 0 Å². The first-order chi connectivity index (χ1) is 4.97. The first-order valence-electron chi connectivity index (χ1n) is 3.52. The molecular weight excluding hydrogens is 122 g/mol. The summed E-state index contributed by atoms with van der Waals surface area (Å²) in [6, 6.07) is 0. The second kappa shape index (κ2) is 2.29. The minimum Gasteiger partial charge on any atom is -0.426 e. The van der Waals surface area contributed by atoms with Gasteiger partial charge in [0.1, 0.15) is 0 Å². The Kier molecular flexibility index (Phi) is 1.31. The van der Waals surface area contributed by atoms with E-state index in [-0.39, 0.29) is 0 Å². The van der Waals surface area contributed by atoms with Crippen molar-refractivity contribution in [1.82, 2.24) is 10.5 Å². The summed E-state index contributed by atoms with van der Waals surface area (Å²) < 4.78 is 0. The Morgan fingerprint density at radius 1 is 0.900 bits per heavy atom. The SMILES string of the molecule is B1C=CC2=C(C=CBN2)N1. The van der Waals surface area contributed by atoms with Gasteiger partial charge >= 0.3 is 0 Å². The fourth-order valence-corrected chi connectivity index (χ4v) is 1.18. The van der Waals surface area contributed by atoms with Gasteiger partial charge in [-0.25, -0.2) is 0 Å². The van der Waals surface area contributed by atoms with Crippen molar-refractivity contribution in [2.45, 2.75) is 0 Å². The molecule has 2 heterocycles. The summed E-state index contributed by atoms with van der Waals surface area (Å²) in [5.74, 6) is 4.23. The van der Waals surface area contributed by atoms with E-state index in [1.54, 1.807) is 0 Å². The van der Waals surface area contributed by atoms with E-state index in [4.69, 9.17) is 0 Å². The minimum atomic E-state index is 0.949. The number of hydrogen-bond donors (Lipinski definition) is 2. The van der Waals surface area contributed by atoms with Gasteiger partial charge in [-0.05, 0) is 12.2 Å². The van der Waals surface area contributed by atoms with Gasteiger partial charge in [0.25, 0.3) is 14.8 Å². The fourth-order valence-electron chi connectivity index (χ4n) is 1.18. The molecule has 10 heavy (non-hydrogen) atoms. The molecule has 0 amide bonds. The summed E-state index contributed by atoms with van der Waals surface area (Å²) in [6.45, 7) is 0. The van der Waals surface area contributed by atoms with Crippen molar-refractivity contribution in [3.8, 4) is 0 Å². The van der Waals surface area contributed by atoms with Crippen molar-refractivity contribution in [2.24, 2.45) is 0 Å². The summed E-state index contributed by atoms with van der Waals surface area (Å²) in [4.78, 5) is 0. The van der Waals surface area contributed by atoms with Crippen LogP contribution in [0.2, 0.25) is 0 Å². The highest BCUT2D eigenvalue weighted by Crippen LogP contribution is 2.07. The maximum absolute atomic E-state index is 3.26. The Balaban J connectivity index is 2.32. The molecule has 2 nitrogen and oxygen atoms in total. The molecule has 0 bridgehead atoms. The lowest BCUT2D eigenvalue weighted by Crippen LogP contribution is -2.30. The summed E-state index contributed by atoms with van der Waals surface area (Å²) >= 11 is 0. The minimum absolute atomic E-state index is 0.949. The molecule has 0 saturated carbocycles. The van der Waals surface area contributed by atoms with Gasteiger partial charge in [0.05, 0.1) is 0 Å². The highest BCUT2D eigenvalue weighted by molar-refractivity contribution is 6.42. The highest BCUT2D eigenvalue weighted by atomic mass is 14.9. The van der Waals surface area contributed by atoms with Gasteiger partial charge in [-0.1, -0.05) is 12.0 Å².